The van der Waals surface area contributed by atoms with Gasteiger partial charge < -0.3 is 10.6 Å². The lowest BCUT2D eigenvalue weighted by atomic mass is 10.1. The number of aryl methyl sites for hydroxylation is 1. The van der Waals surface area contributed by atoms with Crippen LogP contribution < -0.4 is 10.6 Å². The number of amides is 1. The molecule has 116 valence electrons. The molecule has 0 unspecified atom stereocenters. The summed E-state index contributed by atoms with van der Waals surface area (Å²) in [5, 5.41) is 6.70. The minimum Gasteiger partial charge on any atom is -0.367 e. The zero-order valence-electron chi connectivity index (χ0n) is 12.3. The summed E-state index contributed by atoms with van der Waals surface area (Å²) in [6, 6.07) is 7.72. The van der Waals surface area contributed by atoms with Crippen molar-refractivity contribution in [2.75, 3.05) is 18.4 Å². The van der Waals surface area contributed by atoms with Crippen molar-refractivity contribution in [3.8, 4) is 0 Å². The lowest BCUT2D eigenvalue weighted by Gasteiger charge is -2.07. The fourth-order valence-electron chi connectivity index (χ4n) is 1.98. The van der Waals surface area contributed by atoms with Crippen LogP contribution in [0.25, 0.3) is 0 Å². The third-order valence-electron chi connectivity index (χ3n) is 3.10. The SMILES string of the molecule is O=C(CCCc1ccc(Cl)cc1)NCCNc1cnccn1. The van der Waals surface area contributed by atoms with Crippen molar-refractivity contribution in [1.29, 1.82) is 0 Å². The number of carbonyl (C=O) groups is 1. The van der Waals surface area contributed by atoms with Crippen molar-refractivity contribution in [1.82, 2.24) is 15.3 Å². The van der Waals surface area contributed by atoms with E-state index in [1.807, 2.05) is 24.3 Å². The Balaban J connectivity index is 1.55. The minimum absolute atomic E-state index is 0.0647. The quantitative estimate of drug-likeness (QED) is 0.734. The molecule has 1 amide bonds. The summed E-state index contributed by atoms with van der Waals surface area (Å²) in [6.07, 6.45) is 7.11. The van der Waals surface area contributed by atoms with E-state index in [0.717, 1.165) is 17.9 Å². The maximum atomic E-state index is 11.7. The summed E-state index contributed by atoms with van der Waals surface area (Å²) in [7, 11) is 0. The molecule has 0 atom stereocenters. The Labute approximate surface area is 135 Å². The highest BCUT2D eigenvalue weighted by molar-refractivity contribution is 6.30. The first kappa shape index (κ1) is 16.2. The van der Waals surface area contributed by atoms with Crippen molar-refractivity contribution in [2.45, 2.75) is 19.3 Å². The first-order valence-corrected chi connectivity index (χ1v) is 7.63. The molecule has 0 saturated heterocycles. The molecule has 2 aromatic rings. The third-order valence-corrected chi connectivity index (χ3v) is 3.35. The number of benzene rings is 1. The van der Waals surface area contributed by atoms with Crippen LogP contribution in [0.2, 0.25) is 5.02 Å². The number of hydrogen-bond acceptors (Lipinski definition) is 4. The number of rotatable bonds is 8. The fraction of sp³-hybridized carbons (Fsp3) is 0.312. The average molecular weight is 319 g/mol. The van der Waals surface area contributed by atoms with Crippen LogP contribution in [0.4, 0.5) is 5.82 Å². The molecule has 0 spiro atoms. The molecule has 0 bridgehead atoms. The molecule has 5 nitrogen and oxygen atoms in total. The van der Waals surface area contributed by atoms with Gasteiger partial charge in [-0.3, -0.25) is 9.78 Å². The Morgan fingerprint density at radius 1 is 1.14 bits per heavy atom. The van der Waals surface area contributed by atoms with Crippen molar-refractivity contribution in [3.05, 3.63) is 53.4 Å². The van der Waals surface area contributed by atoms with Crippen molar-refractivity contribution in [3.63, 3.8) is 0 Å². The Kier molecular flexibility index (Phi) is 6.64. The lowest BCUT2D eigenvalue weighted by molar-refractivity contribution is -0.121. The maximum Gasteiger partial charge on any atom is 0.220 e. The Bertz CT molecular complexity index is 574. The molecule has 2 rings (SSSR count). The van der Waals surface area contributed by atoms with Crippen LogP contribution in [0.3, 0.4) is 0 Å². The first-order valence-electron chi connectivity index (χ1n) is 7.25. The molecule has 0 saturated carbocycles. The summed E-state index contributed by atoms with van der Waals surface area (Å²) in [5.41, 5.74) is 1.20. The number of carbonyl (C=O) groups excluding carboxylic acids is 1. The molecule has 22 heavy (non-hydrogen) atoms. The van der Waals surface area contributed by atoms with Gasteiger partial charge in [0, 0.05) is 36.9 Å². The van der Waals surface area contributed by atoms with E-state index in [2.05, 4.69) is 20.6 Å². The fourth-order valence-corrected chi connectivity index (χ4v) is 2.10. The van der Waals surface area contributed by atoms with Crippen LogP contribution in [-0.4, -0.2) is 29.0 Å². The number of aromatic nitrogens is 2. The van der Waals surface area contributed by atoms with Gasteiger partial charge in [0.1, 0.15) is 5.82 Å². The average Bonchev–Trinajstić information content (AvgIpc) is 2.54. The summed E-state index contributed by atoms with van der Waals surface area (Å²) in [4.78, 5) is 19.8. The zero-order chi connectivity index (χ0) is 15.6. The van der Waals surface area contributed by atoms with E-state index < -0.39 is 0 Å². The van der Waals surface area contributed by atoms with E-state index in [0.29, 0.717) is 25.3 Å². The van der Waals surface area contributed by atoms with E-state index in [-0.39, 0.29) is 5.91 Å². The molecule has 0 aliphatic heterocycles. The molecule has 6 heteroatoms. The van der Waals surface area contributed by atoms with Crippen LogP contribution in [0.15, 0.2) is 42.9 Å². The van der Waals surface area contributed by atoms with Crippen LogP contribution in [0.1, 0.15) is 18.4 Å². The van der Waals surface area contributed by atoms with Gasteiger partial charge in [-0.2, -0.15) is 0 Å². The predicted molar refractivity (Wildman–Crippen MR) is 87.9 cm³/mol. The molecular formula is C16H19ClN4O. The summed E-state index contributed by atoms with van der Waals surface area (Å²) < 4.78 is 0. The van der Waals surface area contributed by atoms with Crippen molar-refractivity contribution in [2.24, 2.45) is 0 Å². The molecule has 0 fully saturated rings. The minimum atomic E-state index is 0.0647. The van der Waals surface area contributed by atoms with Gasteiger partial charge in [-0.15, -0.1) is 0 Å². The van der Waals surface area contributed by atoms with Gasteiger partial charge in [-0.05, 0) is 30.5 Å². The second kappa shape index (κ2) is 9.00. The number of nitrogens with zero attached hydrogens (tertiary/aromatic N) is 2. The number of hydrogen-bond donors (Lipinski definition) is 2. The van der Waals surface area contributed by atoms with Crippen molar-refractivity contribution >= 4 is 23.3 Å². The molecular weight excluding hydrogens is 300 g/mol. The largest absolute Gasteiger partial charge is 0.367 e. The standard InChI is InChI=1S/C16H19ClN4O/c17-14-6-4-13(5-7-14)2-1-3-16(22)21-11-10-20-15-12-18-8-9-19-15/h4-9,12H,1-3,10-11H2,(H,19,20)(H,21,22). The topological polar surface area (TPSA) is 66.9 Å². The van der Waals surface area contributed by atoms with Crippen LogP contribution in [0, 0.1) is 0 Å². The Morgan fingerprint density at radius 3 is 2.68 bits per heavy atom. The third kappa shape index (κ3) is 6.10. The van der Waals surface area contributed by atoms with Crippen LogP contribution >= 0.6 is 11.6 Å². The summed E-state index contributed by atoms with van der Waals surface area (Å²) >= 11 is 5.83. The molecule has 0 aliphatic carbocycles. The molecule has 0 aliphatic rings. The van der Waals surface area contributed by atoms with Gasteiger partial charge >= 0.3 is 0 Å². The van der Waals surface area contributed by atoms with Crippen molar-refractivity contribution < 1.29 is 4.79 Å². The van der Waals surface area contributed by atoms with E-state index in [9.17, 15) is 4.79 Å². The van der Waals surface area contributed by atoms with E-state index in [1.165, 1.54) is 5.56 Å². The Morgan fingerprint density at radius 2 is 1.95 bits per heavy atom. The molecule has 2 N–H and O–H groups in total. The van der Waals surface area contributed by atoms with Gasteiger partial charge in [0.25, 0.3) is 0 Å². The van der Waals surface area contributed by atoms with Crippen LogP contribution in [-0.2, 0) is 11.2 Å². The highest BCUT2D eigenvalue weighted by Gasteiger charge is 2.01. The lowest BCUT2D eigenvalue weighted by Crippen LogP contribution is -2.28. The highest BCUT2D eigenvalue weighted by Crippen LogP contribution is 2.11. The normalized spacial score (nSPS) is 10.2. The summed E-state index contributed by atoms with van der Waals surface area (Å²) in [5.74, 6) is 0.773. The van der Waals surface area contributed by atoms with E-state index in [4.69, 9.17) is 11.6 Å². The van der Waals surface area contributed by atoms with Gasteiger partial charge in [0.15, 0.2) is 0 Å². The second-order valence-electron chi connectivity index (χ2n) is 4.85. The number of halogens is 1. The highest BCUT2D eigenvalue weighted by atomic mass is 35.5. The predicted octanol–water partition coefficient (Wildman–Crippen LogP) is 2.68. The molecule has 0 radical (unpaired) electrons. The van der Waals surface area contributed by atoms with E-state index in [1.54, 1.807) is 18.6 Å². The van der Waals surface area contributed by atoms with Gasteiger partial charge in [0.05, 0.1) is 6.20 Å². The number of anilines is 1. The Hall–Kier alpha value is -2.14. The summed E-state index contributed by atoms with van der Waals surface area (Å²) in [6.45, 7) is 1.19. The molecule has 1 aromatic heterocycles. The van der Waals surface area contributed by atoms with Gasteiger partial charge in [0.2, 0.25) is 5.91 Å². The monoisotopic (exact) mass is 318 g/mol. The maximum absolute atomic E-state index is 11.7. The first-order chi connectivity index (χ1) is 10.7. The molecule has 1 aromatic carbocycles. The van der Waals surface area contributed by atoms with Gasteiger partial charge in [-0.25, -0.2) is 4.98 Å². The second-order valence-corrected chi connectivity index (χ2v) is 5.28. The van der Waals surface area contributed by atoms with E-state index >= 15 is 0 Å². The van der Waals surface area contributed by atoms with Gasteiger partial charge in [-0.1, -0.05) is 23.7 Å². The molecule has 1 heterocycles. The van der Waals surface area contributed by atoms with Crippen LogP contribution in [0.5, 0.6) is 0 Å². The smallest absolute Gasteiger partial charge is 0.220 e. The number of nitrogens with one attached hydrogen (secondary N) is 2. The zero-order valence-corrected chi connectivity index (χ0v) is 13.0.